The van der Waals surface area contributed by atoms with Gasteiger partial charge in [0.25, 0.3) is 0 Å². The zero-order chi connectivity index (χ0) is 23.5. The second kappa shape index (κ2) is 12.7. The molecule has 0 spiro atoms. The molecule has 0 heterocycles. The summed E-state index contributed by atoms with van der Waals surface area (Å²) < 4.78 is 21.7. The van der Waals surface area contributed by atoms with Crippen LogP contribution >= 0.6 is 0 Å². The zero-order valence-electron chi connectivity index (χ0n) is 19.5. The zero-order valence-corrected chi connectivity index (χ0v) is 19.5. The van der Waals surface area contributed by atoms with Crippen LogP contribution in [0.3, 0.4) is 0 Å². The highest BCUT2D eigenvalue weighted by atomic mass is 16.6. The molecule has 7 heteroatoms. The Bertz CT molecular complexity index is 882. The Morgan fingerprint density at radius 3 is 2.34 bits per heavy atom. The minimum atomic E-state index is -0.540. The summed E-state index contributed by atoms with van der Waals surface area (Å²) in [6, 6.07) is 15.9. The number of hydrogen-bond acceptors (Lipinski definition) is 7. The Balaban J connectivity index is 2.04. The largest absolute Gasteiger partial charge is 0.497 e. The molecule has 0 saturated carbocycles. The van der Waals surface area contributed by atoms with Gasteiger partial charge < -0.3 is 18.9 Å². The van der Waals surface area contributed by atoms with Gasteiger partial charge in [0.05, 0.1) is 27.1 Å². The average molecular weight is 444 g/mol. The molecule has 174 valence electrons. The first kappa shape index (κ1) is 25.2. The topological polar surface area (TPSA) is 74.3 Å². The maximum absolute atomic E-state index is 12.1. The number of esters is 2. The number of benzene rings is 2. The van der Waals surface area contributed by atoms with Crippen molar-refractivity contribution < 1.29 is 28.5 Å². The summed E-state index contributed by atoms with van der Waals surface area (Å²) in [4.78, 5) is 25.2. The third-order valence-electron chi connectivity index (χ3n) is 5.03. The molecule has 2 atom stereocenters. The molecule has 0 amide bonds. The number of methoxy groups -OCH3 is 2. The van der Waals surface area contributed by atoms with E-state index in [4.69, 9.17) is 14.2 Å². The van der Waals surface area contributed by atoms with Gasteiger partial charge in [0.2, 0.25) is 0 Å². The number of hydrogen-bond donors (Lipinski definition) is 0. The minimum absolute atomic E-state index is 0.0113. The first-order chi connectivity index (χ1) is 15.3. The van der Waals surface area contributed by atoms with E-state index in [0.717, 1.165) is 29.9 Å². The lowest BCUT2D eigenvalue weighted by Crippen LogP contribution is -2.44. The fourth-order valence-electron chi connectivity index (χ4n) is 3.31. The van der Waals surface area contributed by atoms with Gasteiger partial charge in [-0.15, -0.1) is 0 Å². The maximum Gasteiger partial charge on any atom is 0.306 e. The van der Waals surface area contributed by atoms with Crippen molar-refractivity contribution in [3.63, 3.8) is 0 Å². The predicted octanol–water partition coefficient (Wildman–Crippen LogP) is 3.63. The van der Waals surface area contributed by atoms with Crippen molar-refractivity contribution >= 4 is 11.9 Å². The lowest BCUT2D eigenvalue weighted by molar-refractivity contribution is -0.160. The summed E-state index contributed by atoms with van der Waals surface area (Å²) >= 11 is 0. The molecule has 2 rings (SSSR count). The van der Waals surface area contributed by atoms with Gasteiger partial charge in [-0.25, -0.2) is 0 Å². The third kappa shape index (κ3) is 7.89. The molecule has 0 aliphatic rings. The van der Waals surface area contributed by atoms with Crippen LogP contribution in [0.25, 0.3) is 0 Å². The third-order valence-corrected chi connectivity index (χ3v) is 5.03. The van der Waals surface area contributed by atoms with E-state index < -0.39 is 24.3 Å². The fraction of sp³-hybridized carbons (Fsp3) is 0.440. The SMILES string of the molecule is COC(=O)CCC(=O)OC(C)[C@H](Oc1ccccc1CCc1cccc(OC)c1)N(C)C. The van der Waals surface area contributed by atoms with Crippen LogP contribution in [0.4, 0.5) is 0 Å². The molecule has 0 fully saturated rings. The molecular formula is C25H33NO6. The highest BCUT2D eigenvalue weighted by Crippen LogP contribution is 2.24. The van der Waals surface area contributed by atoms with Crippen LogP contribution in [-0.4, -0.2) is 57.5 Å². The Hall–Kier alpha value is -3.06. The van der Waals surface area contributed by atoms with Crippen molar-refractivity contribution in [3.8, 4) is 11.5 Å². The lowest BCUT2D eigenvalue weighted by atomic mass is 10.0. The van der Waals surface area contributed by atoms with Crippen LogP contribution in [0.2, 0.25) is 0 Å². The molecule has 7 nitrogen and oxygen atoms in total. The lowest BCUT2D eigenvalue weighted by Gasteiger charge is -2.31. The number of nitrogens with zero attached hydrogens (tertiary/aromatic N) is 1. The summed E-state index contributed by atoms with van der Waals surface area (Å²) in [5, 5.41) is 0. The second-order valence-electron chi connectivity index (χ2n) is 7.70. The highest BCUT2D eigenvalue weighted by molar-refractivity contribution is 5.77. The first-order valence-corrected chi connectivity index (χ1v) is 10.6. The summed E-state index contributed by atoms with van der Waals surface area (Å²) in [7, 11) is 6.68. The van der Waals surface area contributed by atoms with Crippen LogP contribution in [0.15, 0.2) is 48.5 Å². The van der Waals surface area contributed by atoms with Crippen LogP contribution in [0.1, 0.15) is 30.9 Å². The molecule has 0 saturated heterocycles. The van der Waals surface area contributed by atoms with Gasteiger partial charge >= 0.3 is 11.9 Å². The monoisotopic (exact) mass is 443 g/mol. The summed E-state index contributed by atoms with van der Waals surface area (Å²) in [6.45, 7) is 1.78. The summed E-state index contributed by atoms with van der Waals surface area (Å²) in [6.07, 6.45) is 0.548. The van der Waals surface area contributed by atoms with Gasteiger partial charge in [-0.05, 0) is 63.2 Å². The normalized spacial score (nSPS) is 12.7. The molecule has 0 aliphatic heterocycles. The van der Waals surface area contributed by atoms with Gasteiger partial charge in [0.1, 0.15) is 17.6 Å². The summed E-state index contributed by atoms with van der Waals surface area (Å²) in [5.74, 6) is 0.665. The summed E-state index contributed by atoms with van der Waals surface area (Å²) in [5.41, 5.74) is 2.24. The average Bonchev–Trinajstić information content (AvgIpc) is 2.79. The number of aryl methyl sites for hydroxylation is 2. The number of carbonyl (C=O) groups is 2. The molecule has 0 aliphatic carbocycles. The second-order valence-corrected chi connectivity index (χ2v) is 7.70. The quantitative estimate of drug-likeness (QED) is 0.366. The van der Waals surface area contributed by atoms with Crippen molar-refractivity contribution in [3.05, 3.63) is 59.7 Å². The molecule has 1 unspecified atom stereocenters. The number of ether oxygens (including phenoxy) is 4. The van der Waals surface area contributed by atoms with Crippen LogP contribution < -0.4 is 9.47 Å². The van der Waals surface area contributed by atoms with E-state index in [2.05, 4.69) is 10.8 Å². The van der Waals surface area contributed by atoms with E-state index in [1.54, 1.807) is 14.0 Å². The highest BCUT2D eigenvalue weighted by Gasteiger charge is 2.26. The minimum Gasteiger partial charge on any atom is -0.497 e. The van der Waals surface area contributed by atoms with Crippen molar-refractivity contribution in [2.45, 2.75) is 44.9 Å². The fourth-order valence-corrected chi connectivity index (χ4v) is 3.31. The van der Waals surface area contributed by atoms with E-state index >= 15 is 0 Å². The Morgan fingerprint density at radius 1 is 0.938 bits per heavy atom. The van der Waals surface area contributed by atoms with Gasteiger partial charge in [-0.2, -0.15) is 0 Å². The van der Waals surface area contributed by atoms with E-state index in [0.29, 0.717) is 0 Å². The van der Waals surface area contributed by atoms with E-state index in [1.165, 1.54) is 12.7 Å². The number of likely N-dealkylation sites (N-methyl/N-ethyl adjacent to an activating group) is 1. The Morgan fingerprint density at radius 2 is 1.66 bits per heavy atom. The van der Waals surface area contributed by atoms with Crippen LogP contribution in [0.5, 0.6) is 11.5 Å². The van der Waals surface area contributed by atoms with E-state index in [1.807, 2.05) is 61.5 Å². The Kier molecular flexibility index (Phi) is 10.0. The van der Waals surface area contributed by atoms with Gasteiger partial charge in [0, 0.05) is 0 Å². The molecule has 0 bridgehead atoms. The molecule has 2 aromatic carbocycles. The van der Waals surface area contributed by atoms with Crippen LogP contribution in [0, 0.1) is 0 Å². The standard InChI is InChI=1S/C25H33NO6/c1-18(31-24(28)16-15-23(27)30-5)25(26(2)3)32-22-12-7-6-10-20(22)14-13-19-9-8-11-21(17-19)29-4/h6-12,17-18,25H,13-16H2,1-5H3/t18?,25-/m0/s1. The molecule has 0 radical (unpaired) electrons. The van der Waals surface area contributed by atoms with Crippen molar-refractivity contribution in [2.75, 3.05) is 28.3 Å². The molecular weight excluding hydrogens is 410 g/mol. The number of para-hydroxylation sites is 1. The number of carbonyl (C=O) groups excluding carboxylic acids is 2. The van der Waals surface area contributed by atoms with Gasteiger partial charge in [0.15, 0.2) is 6.23 Å². The van der Waals surface area contributed by atoms with Gasteiger partial charge in [-0.3, -0.25) is 14.5 Å². The van der Waals surface area contributed by atoms with E-state index in [-0.39, 0.29) is 12.8 Å². The first-order valence-electron chi connectivity index (χ1n) is 10.6. The van der Waals surface area contributed by atoms with Crippen molar-refractivity contribution in [1.82, 2.24) is 4.90 Å². The molecule has 0 N–H and O–H groups in total. The molecule has 32 heavy (non-hydrogen) atoms. The van der Waals surface area contributed by atoms with E-state index in [9.17, 15) is 9.59 Å². The molecule has 2 aromatic rings. The van der Waals surface area contributed by atoms with Crippen molar-refractivity contribution in [1.29, 1.82) is 0 Å². The number of rotatable bonds is 12. The van der Waals surface area contributed by atoms with Crippen LogP contribution in [-0.2, 0) is 31.9 Å². The van der Waals surface area contributed by atoms with Crippen molar-refractivity contribution in [2.24, 2.45) is 0 Å². The van der Waals surface area contributed by atoms with Gasteiger partial charge in [-0.1, -0.05) is 30.3 Å². The predicted molar refractivity (Wildman–Crippen MR) is 122 cm³/mol. The Labute approximate surface area is 190 Å². The smallest absolute Gasteiger partial charge is 0.306 e. The molecule has 0 aromatic heterocycles. The maximum atomic E-state index is 12.1.